The standard InChI is InChI=1S/C7H4ClF5N2S/c8-6-2-5(16(9,10,11,12)13)1-4(3-14)7(6)15/h1-2H,15H2. The molecular weight excluding hydrogens is 275 g/mol. The van der Waals surface area contributed by atoms with Crippen LogP contribution in [0.5, 0.6) is 0 Å². The van der Waals surface area contributed by atoms with Crippen molar-refractivity contribution in [1.29, 1.82) is 5.26 Å². The molecular formula is C7H4ClF5N2S. The van der Waals surface area contributed by atoms with Crippen molar-refractivity contribution in [1.82, 2.24) is 0 Å². The van der Waals surface area contributed by atoms with Gasteiger partial charge in [0.2, 0.25) is 0 Å². The highest BCUT2D eigenvalue weighted by atomic mass is 35.5. The maximum Gasteiger partial charge on any atom is 0.310 e. The third-order valence-electron chi connectivity index (χ3n) is 1.67. The summed E-state index contributed by atoms with van der Waals surface area (Å²) in [5.41, 5.74) is 3.93. The van der Waals surface area contributed by atoms with Gasteiger partial charge in [-0.15, -0.1) is 0 Å². The maximum atomic E-state index is 12.4. The van der Waals surface area contributed by atoms with E-state index in [1.54, 1.807) is 0 Å². The van der Waals surface area contributed by atoms with Crippen LogP contribution in [-0.2, 0) is 0 Å². The van der Waals surface area contributed by atoms with Crippen LogP contribution in [-0.4, -0.2) is 0 Å². The van der Waals surface area contributed by atoms with E-state index in [4.69, 9.17) is 22.6 Å². The van der Waals surface area contributed by atoms with Crippen LogP contribution < -0.4 is 5.73 Å². The molecule has 0 fully saturated rings. The Morgan fingerprint density at radius 1 is 1.19 bits per heavy atom. The van der Waals surface area contributed by atoms with Crippen molar-refractivity contribution in [2.45, 2.75) is 4.90 Å². The summed E-state index contributed by atoms with van der Waals surface area (Å²) in [5.74, 6) is 0. The number of benzene rings is 1. The zero-order chi connectivity index (χ0) is 12.8. The average Bonchev–Trinajstić information content (AvgIpc) is 2.05. The van der Waals surface area contributed by atoms with Crippen molar-refractivity contribution in [2.24, 2.45) is 0 Å². The van der Waals surface area contributed by atoms with Crippen LogP contribution in [0.2, 0.25) is 5.02 Å². The van der Waals surface area contributed by atoms with Gasteiger partial charge in [-0.05, 0) is 12.1 Å². The van der Waals surface area contributed by atoms with Crippen LogP contribution in [0.25, 0.3) is 0 Å². The number of nitrogen functional groups attached to an aromatic ring is 1. The molecule has 0 unspecified atom stereocenters. The smallest absolute Gasteiger partial charge is 0.310 e. The second-order valence-corrected chi connectivity index (χ2v) is 5.76. The number of rotatable bonds is 1. The van der Waals surface area contributed by atoms with Crippen LogP contribution in [0.4, 0.5) is 25.1 Å². The maximum absolute atomic E-state index is 12.4. The number of hydrogen-bond acceptors (Lipinski definition) is 2. The molecule has 0 saturated carbocycles. The second-order valence-electron chi connectivity index (χ2n) is 2.95. The van der Waals surface area contributed by atoms with Crippen molar-refractivity contribution < 1.29 is 19.4 Å². The fourth-order valence-electron chi connectivity index (χ4n) is 0.908. The molecule has 0 aliphatic rings. The fourth-order valence-corrected chi connectivity index (χ4v) is 1.87. The van der Waals surface area contributed by atoms with Crippen molar-refractivity contribution in [3.05, 3.63) is 22.7 Å². The summed E-state index contributed by atoms with van der Waals surface area (Å²) in [6.07, 6.45) is 0. The van der Waals surface area contributed by atoms with E-state index >= 15 is 0 Å². The minimum absolute atomic E-state index is 0.0111. The van der Waals surface area contributed by atoms with Crippen molar-refractivity contribution in [2.75, 3.05) is 5.73 Å². The lowest BCUT2D eigenvalue weighted by atomic mass is 10.2. The van der Waals surface area contributed by atoms with E-state index in [2.05, 4.69) is 0 Å². The van der Waals surface area contributed by atoms with Crippen molar-refractivity contribution in [3.8, 4) is 6.07 Å². The molecule has 0 amide bonds. The molecule has 1 aromatic carbocycles. The number of nitriles is 1. The minimum atomic E-state index is -9.83. The molecule has 90 valence electrons. The van der Waals surface area contributed by atoms with Gasteiger partial charge in [-0.25, -0.2) is 0 Å². The highest BCUT2D eigenvalue weighted by Gasteiger charge is 2.65. The Bertz CT molecular complexity index is 503. The molecule has 1 rings (SSSR count). The van der Waals surface area contributed by atoms with Crippen LogP contribution in [0.1, 0.15) is 5.56 Å². The Hall–Kier alpha value is -1.20. The van der Waals surface area contributed by atoms with Gasteiger partial charge in [0.1, 0.15) is 11.0 Å². The Morgan fingerprint density at radius 3 is 2.06 bits per heavy atom. The molecule has 2 N–H and O–H groups in total. The van der Waals surface area contributed by atoms with Gasteiger partial charge >= 0.3 is 10.2 Å². The normalized spacial score (nSPS) is 16.1. The highest BCUT2D eigenvalue weighted by molar-refractivity contribution is 8.45. The zero-order valence-corrected chi connectivity index (χ0v) is 8.93. The van der Waals surface area contributed by atoms with Gasteiger partial charge in [0.15, 0.2) is 0 Å². The summed E-state index contributed by atoms with van der Waals surface area (Å²) in [4.78, 5) is -2.23. The average molecular weight is 279 g/mol. The summed E-state index contributed by atoms with van der Waals surface area (Å²) >= 11 is 5.24. The summed E-state index contributed by atoms with van der Waals surface area (Å²) in [6, 6.07) is 1.26. The van der Waals surface area contributed by atoms with E-state index in [1.807, 2.05) is 0 Å². The van der Waals surface area contributed by atoms with E-state index in [1.165, 1.54) is 6.07 Å². The lowest BCUT2D eigenvalue weighted by molar-refractivity contribution is 0.364. The van der Waals surface area contributed by atoms with Crippen LogP contribution in [0, 0.1) is 11.3 Å². The zero-order valence-electron chi connectivity index (χ0n) is 7.36. The van der Waals surface area contributed by atoms with Gasteiger partial charge in [0.05, 0.1) is 16.3 Å². The Kier molecular flexibility index (Phi) is 2.19. The Morgan fingerprint density at radius 2 is 1.69 bits per heavy atom. The van der Waals surface area contributed by atoms with E-state index in [-0.39, 0.29) is 12.1 Å². The molecule has 1 aromatic rings. The van der Waals surface area contributed by atoms with E-state index in [9.17, 15) is 19.4 Å². The number of hydrogen-bond donors (Lipinski definition) is 1. The Balaban J connectivity index is 3.66. The molecule has 0 bridgehead atoms. The van der Waals surface area contributed by atoms with Crippen LogP contribution in [0.15, 0.2) is 17.0 Å². The minimum Gasteiger partial charge on any atom is -0.396 e. The molecule has 0 saturated heterocycles. The van der Waals surface area contributed by atoms with Crippen molar-refractivity contribution in [3.63, 3.8) is 0 Å². The number of anilines is 1. The predicted octanol–water partition coefficient (Wildman–Crippen LogP) is 4.45. The van der Waals surface area contributed by atoms with E-state index in [0.29, 0.717) is 0 Å². The predicted molar refractivity (Wildman–Crippen MR) is 52.0 cm³/mol. The third-order valence-corrected chi connectivity index (χ3v) is 3.11. The fraction of sp³-hybridized carbons (Fsp3) is 0. The first-order valence-corrected chi connectivity index (χ1v) is 5.91. The summed E-state index contributed by atoms with van der Waals surface area (Å²) in [5, 5.41) is 7.68. The first kappa shape index (κ1) is 12.9. The van der Waals surface area contributed by atoms with Gasteiger partial charge in [0.25, 0.3) is 0 Å². The van der Waals surface area contributed by atoms with Crippen LogP contribution >= 0.6 is 21.8 Å². The SMILES string of the molecule is N#Cc1cc(S(F)(F)(F)(F)F)cc(Cl)c1N. The van der Waals surface area contributed by atoms with Crippen molar-refractivity contribution >= 4 is 27.5 Å². The molecule has 0 heterocycles. The molecule has 0 aliphatic heterocycles. The van der Waals surface area contributed by atoms with Gasteiger partial charge in [-0.1, -0.05) is 31.0 Å². The molecule has 0 atom stereocenters. The van der Waals surface area contributed by atoms with Gasteiger partial charge in [0, 0.05) is 0 Å². The largest absolute Gasteiger partial charge is 0.396 e. The highest BCUT2D eigenvalue weighted by Crippen LogP contribution is 3.02. The van der Waals surface area contributed by atoms with Gasteiger partial charge < -0.3 is 5.73 Å². The van der Waals surface area contributed by atoms with Crippen LogP contribution in [0.3, 0.4) is 0 Å². The van der Waals surface area contributed by atoms with E-state index in [0.717, 1.165) is 0 Å². The molecule has 9 heteroatoms. The molecule has 0 aromatic heterocycles. The topological polar surface area (TPSA) is 49.8 Å². The monoisotopic (exact) mass is 278 g/mol. The summed E-state index contributed by atoms with van der Waals surface area (Å²) < 4.78 is 61.8. The molecule has 16 heavy (non-hydrogen) atoms. The van der Waals surface area contributed by atoms with Gasteiger partial charge in [-0.2, -0.15) is 5.26 Å². The summed E-state index contributed by atoms with van der Waals surface area (Å²) in [6.45, 7) is 0. The quantitative estimate of drug-likeness (QED) is 0.609. The lowest BCUT2D eigenvalue weighted by Gasteiger charge is -2.40. The third kappa shape index (κ3) is 2.48. The van der Waals surface area contributed by atoms with Gasteiger partial charge in [-0.3, -0.25) is 0 Å². The van der Waals surface area contributed by atoms with E-state index < -0.39 is 31.4 Å². The second kappa shape index (κ2) is 2.73. The first-order chi connectivity index (χ1) is 6.85. The number of nitrogens with zero attached hydrogens (tertiary/aromatic N) is 1. The molecule has 2 nitrogen and oxygen atoms in total. The number of nitrogens with two attached hydrogens (primary N) is 1. The number of halogens is 6. The lowest BCUT2D eigenvalue weighted by Crippen LogP contribution is -2.07. The molecule has 0 radical (unpaired) electrons. The molecule has 0 spiro atoms. The summed E-state index contributed by atoms with van der Waals surface area (Å²) in [7, 11) is -9.83. The molecule has 0 aliphatic carbocycles. The Labute approximate surface area is 92.1 Å². The first-order valence-electron chi connectivity index (χ1n) is 3.58.